The van der Waals surface area contributed by atoms with Gasteiger partial charge in [0.2, 0.25) is 5.88 Å². The van der Waals surface area contributed by atoms with Gasteiger partial charge in [0.05, 0.1) is 7.11 Å². The zero-order valence-corrected chi connectivity index (χ0v) is 9.72. The average molecular weight is 204 g/mol. The molecule has 0 saturated carbocycles. The minimum Gasteiger partial charge on any atom is -0.481 e. The highest BCUT2D eigenvalue weighted by Gasteiger charge is 1.90. The topological polar surface area (TPSA) is 22.1 Å². The summed E-state index contributed by atoms with van der Waals surface area (Å²) >= 11 is 5.53. The van der Waals surface area contributed by atoms with Gasteiger partial charge in [-0.2, -0.15) is 0 Å². The SMILES string of the molecule is CC.CC.COc1cccc(Cl)n1. The van der Waals surface area contributed by atoms with E-state index in [1.54, 1.807) is 25.3 Å². The summed E-state index contributed by atoms with van der Waals surface area (Å²) in [5.74, 6) is 0.544. The van der Waals surface area contributed by atoms with Crippen LogP contribution in [-0.2, 0) is 0 Å². The predicted molar refractivity (Wildman–Crippen MR) is 58.5 cm³/mol. The van der Waals surface area contributed by atoms with E-state index >= 15 is 0 Å². The van der Waals surface area contributed by atoms with Crippen molar-refractivity contribution < 1.29 is 4.74 Å². The number of aromatic nitrogens is 1. The Balaban J connectivity index is 0. The number of hydrogen-bond acceptors (Lipinski definition) is 2. The molecule has 1 heterocycles. The van der Waals surface area contributed by atoms with Crippen molar-refractivity contribution in [3.63, 3.8) is 0 Å². The van der Waals surface area contributed by atoms with Crippen LogP contribution in [0.1, 0.15) is 27.7 Å². The summed E-state index contributed by atoms with van der Waals surface area (Å²) in [6.07, 6.45) is 0. The van der Waals surface area contributed by atoms with Gasteiger partial charge in [-0.25, -0.2) is 4.98 Å². The van der Waals surface area contributed by atoms with Gasteiger partial charge in [-0.05, 0) is 6.07 Å². The number of rotatable bonds is 1. The quantitative estimate of drug-likeness (QED) is 0.648. The molecule has 76 valence electrons. The maximum absolute atomic E-state index is 5.53. The molecule has 0 aliphatic carbocycles. The normalized spacial score (nSPS) is 7.23. The molecule has 1 rings (SSSR count). The van der Waals surface area contributed by atoms with Crippen LogP contribution in [0.25, 0.3) is 0 Å². The number of nitrogens with zero attached hydrogens (tertiary/aromatic N) is 1. The van der Waals surface area contributed by atoms with Crippen molar-refractivity contribution in [2.45, 2.75) is 27.7 Å². The molecule has 13 heavy (non-hydrogen) atoms. The van der Waals surface area contributed by atoms with Crippen molar-refractivity contribution in [2.24, 2.45) is 0 Å². The molecule has 0 aliphatic heterocycles. The molecule has 0 spiro atoms. The third-order valence-corrected chi connectivity index (χ3v) is 1.11. The fourth-order valence-corrected chi connectivity index (χ4v) is 0.659. The lowest BCUT2D eigenvalue weighted by Crippen LogP contribution is -1.85. The number of halogens is 1. The minimum absolute atomic E-state index is 0.453. The first kappa shape index (κ1) is 14.7. The van der Waals surface area contributed by atoms with Crippen molar-refractivity contribution in [3.8, 4) is 5.88 Å². The Hall–Kier alpha value is -0.760. The van der Waals surface area contributed by atoms with Crippen LogP contribution < -0.4 is 4.74 Å². The molecule has 0 radical (unpaired) electrons. The Labute approximate surface area is 85.9 Å². The van der Waals surface area contributed by atoms with E-state index in [4.69, 9.17) is 16.3 Å². The molecule has 0 N–H and O–H groups in total. The lowest BCUT2D eigenvalue weighted by Gasteiger charge is -1.95. The summed E-state index contributed by atoms with van der Waals surface area (Å²) in [7, 11) is 1.55. The first-order chi connectivity index (χ1) is 6.33. The molecule has 2 nitrogen and oxygen atoms in total. The molecule has 0 fully saturated rings. The van der Waals surface area contributed by atoms with Crippen molar-refractivity contribution >= 4 is 11.6 Å². The molecule has 0 unspecified atom stereocenters. The van der Waals surface area contributed by atoms with Gasteiger partial charge in [0.1, 0.15) is 5.15 Å². The van der Waals surface area contributed by atoms with Gasteiger partial charge in [-0.15, -0.1) is 0 Å². The van der Waals surface area contributed by atoms with Gasteiger partial charge in [-0.1, -0.05) is 45.4 Å². The summed E-state index contributed by atoms with van der Waals surface area (Å²) in [6.45, 7) is 8.00. The Kier molecular flexibility index (Phi) is 12.8. The van der Waals surface area contributed by atoms with Crippen LogP contribution in [0.3, 0.4) is 0 Å². The lowest BCUT2D eigenvalue weighted by atomic mass is 10.5. The molecule has 1 aromatic rings. The third kappa shape index (κ3) is 7.60. The van der Waals surface area contributed by atoms with Crippen LogP contribution in [0.2, 0.25) is 5.15 Å². The number of hydrogen-bond donors (Lipinski definition) is 0. The molecule has 3 heteroatoms. The van der Waals surface area contributed by atoms with Gasteiger partial charge in [0.15, 0.2) is 0 Å². The second-order valence-corrected chi connectivity index (χ2v) is 1.89. The summed E-state index contributed by atoms with van der Waals surface area (Å²) in [5, 5.41) is 0.453. The van der Waals surface area contributed by atoms with Gasteiger partial charge in [0.25, 0.3) is 0 Å². The minimum atomic E-state index is 0.453. The van der Waals surface area contributed by atoms with Crippen molar-refractivity contribution in [2.75, 3.05) is 7.11 Å². The maximum Gasteiger partial charge on any atom is 0.214 e. The fourth-order valence-electron chi connectivity index (χ4n) is 0.503. The average Bonchev–Trinajstić information content (AvgIpc) is 2.24. The largest absolute Gasteiger partial charge is 0.481 e. The van der Waals surface area contributed by atoms with Crippen molar-refractivity contribution in [1.29, 1.82) is 0 Å². The van der Waals surface area contributed by atoms with Crippen LogP contribution in [0, 0.1) is 0 Å². The van der Waals surface area contributed by atoms with Crippen LogP contribution in [0.15, 0.2) is 18.2 Å². The van der Waals surface area contributed by atoms with Gasteiger partial charge in [-0.3, -0.25) is 0 Å². The van der Waals surface area contributed by atoms with Crippen LogP contribution in [0.5, 0.6) is 5.88 Å². The highest BCUT2D eigenvalue weighted by molar-refractivity contribution is 6.29. The molecular weight excluding hydrogens is 186 g/mol. The highest BCUT2D eigenvalue weighted by Crippen LogP contribution is 2.09. The summed E-state index contributed by atoms with van der Waals surface area (Å²) < 4.78 is 4.80. The molecule has 0 saturated heterocycles. The Morgan fingerprint density at radius 3 is 2.00 bits per heavy atom. The number of methoxy groups -OCH3 is 1. The first-order valence-electron chi connectivity index (χ1n) is 4.49. The van der Waals surface area contributed by atoms with E-state index in [9.17, 15) is 0 Å². The van der Waals surface area contributed by atoms with E-state index in [0.29, 0.717) is 11.0 Å². The third-order valence-electron chi connectivity index (χ3n) is 0.899. The molecule has 0 aliphatic rings. The van der Waals surface area contributed by atoms with Gasteiger partial charge in [0, 0.05) is 6.07 Å². The van der Waals surface area contributed by atoms with Crippen LogP contribution >= 0.6 is 11.6 Å². The molecule has 0 bridgehead atoms. The molecule has 0 aromatic carbocycles. The molecule has 1 aromatic heterocycles. The Morgan fingerprint density at radius 1 is 1.15 bits per heavy atom. The second kappa shape index (κ2) is 11.2. The summed E-state index contributed by atoms with van der Waals surface area (Å²) in [5.41, 5.74) is 0. The van der Waals surface area contributed by atoms with Crippen molar-refractivity contribution in [3.05, 3.63) is 23.4 Å². The zero-order valence-electron chi connectivity index (χ0n) is 8.97. The van der Waals surface area contributed by atoms with E-state index < -0.39 is 0 Å². The van der Waals surface area contributed by atoms with E-state index in [0.717, 1.165) is 0 Å². The van der Waals surface area contributed by atoms with Gasteiger partial charge < -0.3 is 4.74 Å². The molecular formula is C10H18ClNO. The fraction of sp³-hybridized carbons (Fsp3) is 0.500. The lowest BCUT2D eigenvalue weighted by molar-refractivity contribution is 0.398. The standard InChI is InChI=1S/C6H6ClNO.2C2H6/c1-9-6-4-2-3-5(7)8-6;2*1-2/h2-4H,1H3;2*1-2H3. The van der Waals surface area contributed by atoms with Gasteiger partial charge >= 0.3 is 0 Å². The maximum atomic E-state index is 5.53. The highest BCUT2D eigenvalue weighted by atomic mass is 35.5. The second-order valence-electron chi connectivity index (χ2n) is 1.50. The summed E-state index contributed by atoms with van der Waals surface area (Å²) in [4.78, 5) is 3.83. The van der Waals surface area contributed by atoms with E-state index in [2.05, 4.69) is 4.98 Å². The summed E-state index contributed by atoms with van der Waals surface area (Å²) in [6, 6.07) is 5.23. The van der Waals surface area contributed by atoms with Crippen LogP contribution in [0.4, 0.5) is 0 Å². The zero-order chi connectivity index (χ0) is 10.7. The number of pyridine rings is 1. The first-order valence-corrected chi connectivity index (χ1v) is 4.87. The van der Waals surface area contributed by atoms with Crippen molar-refractivity contribution in [1.82, 2.24) is 4.98 Å². The predicted octanol–water partition coefficient (Wildman–Crippen LogP) is 3.80. The van der Waals surface area contributed by atoms with E-state index in [1.165, 1.54) is 0 Å². The Bertz CT molecular complexity index is 204. The van der Waals surface area contributed by atoms with Crippen LogP contribution in [-0.4, -0.2) is 12.1 Å². The van der Waals surface area contributed by atoms with E-state index in [1.807, 2.05) is 27.7 Å². The molecule has 0 amide bonds. The monoisotopic (exact) mass is 203 g/mol. The smallest absolute Gasteiger partial charge is 0.214 e. The number of ether oxygens (including phenoxy) is 1. The Morgan fingerprint density at radius 2 is 1.69 bits per heavy atom. The van der Waals surface area contributed by atoms with E-state index in [-0.39, 0.29) is 0 Å². The molecule has 0 atom stereocenters.